The predicted molar refractivity (Wildman–Crippen MR) is 92.5 cm³/mol. The lowest BCUT2D eigenvalue weighted by atomic mass is 10.2. The summed E-state index contributed by atoms with van der Waals surface area (Å²) in [6, 6.07) is 6.09. The number of carbonyl (C=O) groups excluding carboxylic acids is 1. The van der Waals surface area contributed by atoms with Crippen molar-refractivity contribution in [3.63, 3.8) is 0 Å². The highest BCUT2D eigenvalue weighted by Crippen LogP contribution is 2.21. The fraction of sp³-hybridized carbons (Fsp3) is 0.588. The fourth-order valence-electron chi connectivity index (χ4n) is 2.71. The van der Waals surface area contributed by atoms with Crippen LogP contribution in [0.25, 0.3) is 0 Å². The van der Waals surface area contributed by atoms with Gasteiger partial charge in [0.05, 0.1) is 18.1 Å². The van der Waals surface area contributed by atoms with Crippen LogP contribution in [-0.2, 0) is 14.8 Å². The number of nitrogens with zero attached hydrogens (tertiary/aromatic N) is 2. The summed E-state index contributed by atoms with van der Waals surface area (Å²) in [6.45, 7) is 5.66. The van der Waals surface area contributed by atoms with Crippen molar-refractivity contribution in [3.8, 4) is 0 Å². The van der Waals surface area contributed by atoms with Gasteiger partial charge in [-0.25, -0.2) is 8.42 Å². The van der Waals surface area contributed by atoms with Gasteiger partial charge in [-0.3, -0.25) is 4.79 Å². The Morgan fingerprint density at radius 2 is 2.17 bits per heavy atom. The lowest BCUT2D eigenvalue weighted by Gasteiger charge is -2.32. The van der Waals surface area contributed by atoms with Crippen LogP contribution in [0.1, 0.15) is 37.0 Å². The van der Waals surface area contributed by atoms with Crippen molar-refractivity contribution in [3.05, 3.63) is 29.8 Å². The van der Waals surface area contributed by atoms with Crippen LogP contribution in [0.15, 0.2) is 29.2 Å². The smallest absolute Gasteiger partial charge is 0.253 e. The largest absolute Gasteiger partial charge is 0.378 e. The summed E-state index contributed by atoms with van der Waals surface area (Å²) < 4.78 is 32.5. The minimum absolute atomic E-state index is 0.157. The number of sulfonamides is 1. The number of hydrogen-bond acceptors (Lipinski definition) is 4. The van der Waals surface area contributed by atoms with Gasteiger partial charge >= 0.3 is 0 Å². The van der Waals surface area contributed by atoms with Crippen LogP contribution in [0.4, 0.5) is 0 Å². The Hall–Kier alpha value is -1.44. The predicted octanol–water partition coefficient (Wildman–Crippen LogP) is 1.97. The Balaban J connectivity index is 2.24. The Morgan fingerprint density at radius 1 is 1.42 bits per heavy atom. The van der Waals surface area contributed by atoms with E-state index < -0.39 is 10.0 Å². The molecule has 1 aliphatic rings. The van der Waals surface area contributed by atoms with Crippen LogP contribution in [0.5, 0.6) is 0 Å². The van der Waals surface area contributed by atoms with Gasteiger partial charge in [-0.2, -0.15) is 4.31 Å². The molecule has 1 saturated heterocycles. The van der Waals surface area contributed by atoms with Crippen molar-refractivity contribution >= 4 is 15.9 Å². The molecule has 1 atom stereocenters. The van der Waals surface area contributed by atoms with Gasteiger partial charge in [0.1, 0.15) is 0 Å². The first-order valence-corrected chi connectivity index (χ1v) is 9.77. The van der Waals surface area contributed by atoms with Crippen LogP contribution in [0, 0.1) is 0 Å². The second-order valence-corrected chi connectivity index (χ2v) is 8.04. The molecule has 0 N–H and O–H groups in total. The molecule has 7 heteroatoms. The first-order chi connectivity index (χ1) is 11.4. The quantitative estimate of drug-likeness (QED) is 0.783. The van der Waals surface area contributed by atoms with E-state index in [9.17, 15) is 13.2 Å². The Kier molecular flexibility index (Phi) is 6.37. The summed E-state index contributed by atoms with van der Waals surface area (Å²) in [7, 11) is -1.89. The van der Waals surface area contributed by atoms with Crippen molar-refractivity contribution in [2.75, 3.05) is 33.4 Å². The third kappa shape index (κ3) is 4.15. The van der Waals surface area contributed by atoms with Crippen molar-refractivity contribution in [1.82, 2.24) is 9.21 Å². The molecular weight excluding hydrogens is 328 g/mol. The van der Waals surface area contributed by atoms with Gasteiger partial charge in [-0.1, -0.05) is 19.4 Å². The van der Waals surface area contributed by atoms with Gasteiger partial charge in [0.25, 0.3) is 5.91 Å². The first kappa shape index (κ1) is 18.9. The zero-order valence-electron chi connectivity index (χ0n) is 14.6. The van der Waals surface area contributed by atoms with Gasteiger partial charge in [0.2, 0.25) is 10.0 Å². The monoisotopic (exact) mass is 354 g/mol. The zero-order chi connectivity index (χ0) is 17.7. The molecule has 6 nitrogen and oxygen atoms in total. The number of amides is 1. The third-order valence-electron chi connectivity index (χ3n) is 4.19. The highest BCUT2D eigenvalue weighted by atomic mass is 32.2. The molecule has 1 aromatic rings. The second kappa shape index (κ2) is 8.09. The molecule has 1 amide bonds. The van der Waals surface area contributed by atoms with Gasteiger partial charge in [0, 0.05) is 31.7 Å². The van der Waals surface area contributed by atoms with Crippen LogP contribution in [0.3, 0.4) is 0 Å². The van der Waals surface area contributed by atoms with Gasteiger partial charge < -0.3 is 9.64 Å². The number of unbranched alkanes of at least 4 members (excludes halogenated alkanes) is 1. The summed E-state index contributed by atoms with van der Waals surface area (Å²) >= 11 is 0. The SMILES string of the molecule is CCCCN(C)C(=O)c1cccc(S(=O)(=O)N2CCOCC2C)c1. The first-order valence-electron chi connectivity index (χ1n) is 8.33. The normalized spacial score (nSPS) is 19.2. The molecule has 0 aliphatic carbocycles. The van der Waals surface area contributed by atoms with Crippen molar-refractivity contribution < 1.29 is 17.9 Å². The molecule has 0 aromatic heterocycles. The topological polar surface area (TPSA) is 66.9 Å². The molecule has 1 unspecified atom stereocenters. The summed E-state index contributed by atoms with van der Waals surface area (Å²) in [4.78, 5) is 14.3. The Bertz CT molecular complexity index is 675. The lowest BCUT2D eigenvalue weighted by molar-refractivity contribution is 0.0392. The summed E-state index contributed by atoms with van der Waals surface area (Å²) in [5.74, 6) is -0.157. The minimum atomic E-state index is -3.63. The summed E-state index contributed by atoms with van der Waals surface area (Å²) in [6.07, 6.45) is 1.92. The number of ether oxygens (including phenoxy) is 1. The van der Waals surface area contributed by atoms with Crippen molar-refractivity contribution in [2.45, 2.75) is 37.6 Å². The standard InChI is InChI=1S/C17H26N2O4S/c1-4-5-9-18(3)17(20)15-7-6-8-16(12-15)24(21,22)19-10-11-23-13-14(19)2/h6-8,12,14H,4-5,9-11,13H2,1-3H3. The zero-order valence-corrected chi connectivity index (χ0v) is 15.4. The van der Waals surface area contributed by atoms with E-state index in [2.05, 4.69) is 6.92 Å². The number of carbonyl (C=O) groups is 1. The second-order valence-electron chi connectivity index (χ2n) is 6.15. The Labute approximate surface area is 144 Å². The van der Waals surface area contributed by atoms with Crippen molar-refractivity contribution in [2.24, 2.45) is 0 Å². The average Bonchev–Trinajstić information content (AvgIpc) is 2.59. The molecule has 0 radical (unpaired) electrons. The highest BCUT2D eigenvalue weighted by molar-refractivity contribution is 7.89. The average molecular weight is 354 g/mol. The molecule has 0 bridgehead atoms. The van der Waals surface area contributed by atoms with Crippen molar-refractivity contribution in [1.29, 1.82) is 0 Å². The van der Waals surface area contributed by atoms with E-state index in [-0.39, 0.29) is 16.8 Å². The molecular formula is C17H26N2O4S. The van der Waals surface area contributed by atoms with Crippen LogP contribution >= 0.6 is 0 Å². The van der Waals surface area contributed by atoms with Gasteiger partial charge in [-0.15, -0.1) is 0 Å². The van der Waals surface area contributed by atoms with Crippen LogP contribution in [-0.4, -0.2) is 62.9 Å². The molecule has 1 aromatic carbocycles. The molecule has 1 heterocycles. The maximum Gasteiger partial charge on any atom is 0.253 e. The molecule has 24 heavy (non-hydrogen) atoms. The molecule has 1 aliphatic heterocycles. The highest BCUT2D eigenvalue weighted by Gasteiger charge is 2.31. The van der Waals surface area contributed by atoms with E-state index in [1.807, 2.05) is 6.92 Å². The molecule has 0 saturated carbocycles. The number of rotatable bonds is 6. The number of morpholine rings is 1. The molecule has 2 rings (SSSR count). The number of benzene rings is 1. The fourth-order valence-corrected chi connectivity index (χ4v) is 4.36. The lowest BCUT2D eigenvalue weighted by Crippen LogP contribution is -2.46. The summed E-state index contributed by atoms with van der Waals surface area (Å²) in [5, 5.41) is 0. The third-order valence-corrected chi connectivity index (χ3v) is 6.20. The van der Waals surface area contributed by atoms with E-state index in [1.165, 1.54) is 10.4 Å². The van der Waals surface area contributed by atoms with E-state index >= 15 is 0 Å². The van der Waals surface area contributed by atoms with E-state index in [1.54, 1.807) is 30.1 Å². The molecule has 134 valence electrons. The Morgan fingerprint density at radius 3 is 2.83 bits per heavy atom. The van der Waals surface area contributed by atoms with E-state index in [0.717, 1.165) is 12.8 Å². The van der Waals surface area contributed by atoms with Gasteiger partial charge in [-0.05, 0) is 31.5 Å². The molecule has 1 fully saturated rings. The maximum atomic E-state index is 12.9. The maximum absolute atomic E-state index is 12.9. The molecule has 0 spiro atoms. The minimum Gasteiger partial charge on any atom is -0.378 e. The van der Waals surface area contributed by atoms with Crippen LogP contribution < -0.4 is 0 Å². The van der Waals surface area contributed by atoms with E-state index in [4.69, 9.17) is 4.74 Å². The van der Waals surface area contributed by atoms with E-state index in [0.29, 0.717) is 31.9 Å². The number of hydrogen-bond donors (Lipinski definition) is 0. The van der Waals surface area contributed by atoms with Crippen LogP contribution in [0.2, 0.25) is 0 Å². The summed E-state index contributed by atoms with van der Waals surface area (Å²) in [5.41, 5.74) is 0.399. The van der Waals surface area contributed by atoms with Gasteiger partial charge in [0.15, 0.2) is 0 Å².